The highest BCUT2D eigenvalue weighted by molar-refractivity contribution is 7.98. The Kier molecular flexibility index (Phi) is 4.33. The van der Waals surface area contributed by atoms with E-state index in [4.69, 9.17) is 5.73 Å². The summed E-state index contributed by atoms with van der Waals surface area (Å²) in [4.78, 5) is 0.982. The lowest BCUT2D eigenvalue weighted by Crippen LogP contribution is -2.00. The van der Waals surface area contributed by atoms with Crippen molar-refractivity contribution in [1.29, 1.82) is 0 Å². The van der Waals surface area contributed by atoms with Crippen molar-refractivity contribution in [2.75, 3.05) is 0 Å². The Hall–Kier alpha value is -1.39. The van der Waals surface area contributed by atoms with Gasteiger partial charge in [-0.05, 0) is 35.9 Å². The summed E-state index contributed by atoms with van der Waals surface area (Å²) in [7, 11) is 0. The molecule has 0 bridgehead atoms. The second-order valence-electron chi connectivity index (χ2n) is 3.87. The molecule has 0 radical (unpaired) electrons. The summed E-state index contributed by atoms with van der Waals surface area (Å²) >= 11 is 1.58. The lowest BCUT2D eigenvalue weighted by atomic mass is 10.1. The monoisotopic (exact) mass is 265 g/mol. The molecule has 4 heteroatoms. The van der Waals surface area contributed by atoms with Crippen LogP contribution in [0.15, 0.2) is 47.4 Å². The SMILES string of the molecule is NCc1cc(CSc2ccc(F)cc2)ccc1F. The van der Waals surface area contributed by atoms with E-state index in [1.54, 1.807) is 36.0 Å². The third kappa shape index (κ3) is 3.31. The predicted molar refractivity (Wildman–Crippen MR) is 70.3 cm³/mol. The second kappa shape index (κ2) is 5.98. The molecule has 18 heavy (non-hydrogen) atoms. The van der Waals surface area contributed by atoms with Crippen molar-refractivity contribution in [3.63, 3.8) is 0 Å². The number of nitrogens with two attached hydrogens (primary N) is 1. The quantitative estimate of drug-likeness (QED) is 0.853. The zero-order valence-electron chi connectivity index (χ0n) is 9.70. The third-order valence-electron chi connectivity index (χ3n) is 2.55. The van der Waals surface area contributed by atoms with E-state index in [0.717, 1.165) is 10.5 Å². The van der Waals surface area contributed by atoms with E-state index in [9.17, 15) is 8.78 Å². The molecule has 0 saturated heterocycles. The topological polar surface area (TPSA) is 26.0 Å². The van der Waals surface area contributed by atoms with E-state index in [0.29, 0.717) is 11.3 Å². The van der Waals surface area contributed by atoms with Crippen molar-refractivity contribution in [3.8, 4) is 0 Å². The van der Waals surface area contributed by atoms with Gasteiger partial charge in [-0.2, -0.15) is 0 Å². The smallest absolute Gasteiger partial charge is 0.127 e. The first kappa shape index (κ1) is 13.1. The maximum atomic E-state index is 13.2. The molecule has 2 rings (SSSR count). The lowest BCUT2D eigenvalue weighted by molar-refractivity contribution is 0.610. The Morgan fingerprint density at radius 1 is 1.00 bits per heavy atom. The van der Waals surface area contributed by atoms with Gasteiger partial charge < -0.3 is 5.73 Å². The molecule has 0 heterocycles. The van der Waals surface area contributed by atoms with Crippen LogP contribution >= 0.6 is 11.8 Å². The number of hydrogen-bond donors (Lipinski definition) is 1. The summed E-state index contributed by atoms with van der Waals surface area (Å²) in [6.45, 7) is 0.195. The first-order valence-electron chi connectivity index (χ1n) is 5.55. The molecule has 2 aromatic carbocycles. The maximum Gasteiger partial charge on any atom is 0.127 e. The number of hydrogen-bond acceptors (Lipinski definition) is 2. The molecule has 0 aromatic heterocycles. The van der Waals surface area contributed by atoms with Crippen LogP contribution in [-0.2, 0) is 12.3 Å². The summed E-state index contributed by atoms with van der Waals surface area (Å²) in [6, 6.07) is 11.3. The Bertz CT molecular complexity index is 526. The van der Waals surface area contributed by atoms with Gasteiger partial charge in [0.25, 0.3) is 0 Å². The molecular weight excluding hydrogens is 252 g/mol. The van der Waals surface area contributed by atoms with E-state index in [-0.39, 0.29) is 18.2 Å². The molecule has 0 aliphatic heterocycles. The van der Waals surface area contributed by atoms with Gasteiger partial charge in [0.05, 0.1) is 0 Å². The van der Waals surface area contributed by atoms with Gasteiger partial charge in [-0.25, -0.2) is 8.78 Å². The van der Waals surface area contributed by atoms with Gasteiger partial charge in [0.1, 0.15) is 11.6 Å². The Labute approximate surface area is 109 Å². The molecule has 94 valence electrons. The summed E-state index contributed by atoms with van der Waals surface area (Å²) in [5, 5.41) is 0. The van der Waals surface area contributed by atoms with Crippen LogP contribution in [0.25, 0.3) is 0 Å². The number of rotatable bonds is 4. The first-order valence-corrected chi connectivity index (χ1v) is 6.53. The number of benzene rings is 2. The molecule has 0 spiro atoms. The van der Waals surface area contributed by atoms with Crippen molar-refractivity contribution in [2.45, 2.75) is 17.2 Å². The minimum absolute atomic E-state index is 0.195. The number of thioether (sulfide) groups is 1. The van der Waals surface area contributed by atoms with Crippen LogP contribution < -0.4 is 5.73 Å². The molecule has 2 N–H and O–H groups in total. The summed E-state index contributed by atoms with van der Waals surface area (Å²) in [5.74, 6) is 0.193. The van der Waals surface area contributed by atoms with E-state index < -0.39 is 0 Å². The fourth-order valence-corrected chi connectivity index (χ4v) is 2.41. The zero-order valence-corrected chi connectivity index (χ0v) is 10.5. The zero-order chi connectivity index (χ0) is 13.0. The fourth-order valence-electron chi connectivity index (χ4n) is 1.57. The predicted octanol–water partition coefficient (Wildman–Crippen LogP) is 3.72. The molecule has 2 aromatic rings. The van der Waals surface area contributed by atoms with Crippen LogP contribution in [0.1, 0.15) is 11.1 Å². The Morgan fingerprint density at radius 3 is 2.39 bits per heavy atom. The van der Waals surface area contributed by atoms with Crippen molar-refractivity contribution >= 4 is 11.8 Å². The standard InChI is InChI=1S/C14H13F2NS/c15-12-2-4-13(5-3-12)18-9-10-1-6-14(16)11(7-10)8-17/h1-7H,8-9,17H2. The van der Waals surface area contributed by atoms with Crippen molar-refractivity contribution in [3.05, 3.63) is 65.2 Å². The Balaban J connectivity index is 2.04. The van der Waals surface area contributed by atoms with Crippen LogP contribution in [-0.4, -0.2) is 0 Å². The normalized spacial score (nSPS) is 10.6. The minimum Gasteiger partial charge on any atom is -0.326 e. The summed E-state index contributed by atoms with van der Waals surface area (Å²) < 4.78 is 26.0. The largest absolute Gasteiger partial charge is 0.326 e. The van der Waals surface area contributed by atoms with Crippen LogP contribution in [0, 0.1) is 11.6 Å². The van der Waals surface area contributed by atoms with Gasteiger partial charge in [-0.3, -0.25) is 0 Å². The van der Waals surface area contributed by atoms with E-state index in [2.05, 4.69) is 0 Å². The average molecular weight is 265 g/mol. The minimum atomic E-state index is -0.270. The molecule has 0 atom stereocenters. The van der Waals surface area contributed by atoms with Gasteiger partial charge >= 0.3 is 0 Å². The molecule has 0 unspecified atom stereocenters. The van der Waals surface area contributed by atoms with Gasteiger partial charge in [0.2, 0.25) is 0 Å². The van der Waals surface area contributed by atoms with Gasteiger partial charge in [-0.1, -0.05) is 12.1 Å². The summed E-state index contributed by atoms with van der Waals surface area (Å²) in [5.41, 5.74) is 6.98. The molecule has 0 saturated carbocycles. The highest BCUT2D eigenvalue weighted by atomic mass is 32.2. The fraction of sp³-hybridized carbons (Fsp3) is 0.143. The van der Waals surface area contributed by atoms with Crippen molar-refractivity contribution < 1.29 is 8.78 Å². The third-order valence-corrected chi connectivity index (χ3v) is 3.63. The summed E-state index contributed by atoms with van der Waals surface area (Å²) in [6.07, 6.45) is 0. The molecular formula is C14H13F2NS. The highest BCUT2D eigenvalue weighted by Crippen LogP contribution is 2.23. The van der Waals surface area contributed by atoms with Crippen LogP contribution in [0.4, 0.5) is 8.78 Å². The van der Waals surface area contributed by atoms with E-state index in [1.165, 1.54) is 18.2 Å². The van der Waals surface area contributed by atoms with Gasteiger partial charge in [0.15, 0.2) is 0 Å². The van der Waals surface area contributed by atoms with E-state index >= 15 is 0 Å². The van der Waals surface area contributed by atoms with Crippen molar-refractivity contribution in [1.82, 2.24) is 0 Å². The number of halogens is 2. The van der Waals surface area contributed by atoms with E-state index in [1.807, 2.05) is 0 Å². The average Bonchev–Trinajstić information content (AvgIpc) is 2.39. The van der Waals surface area contributed by atoms with Gasteiger partial charge in [-0.15, -0.1) is 11.8 Å². The van der Waals surface area contributed by atoms with Gasteiger partial charge in [0, 0.05) is 22.8 Å². The highest BCUT2D eigenvalue weighted by Gasteiger charge is 2.03. The maximum absolute atomic E-state index is 13.2. The Morgan fingerprint density at radius 2 is 1.72 bits per heavy atom. The van der Waals surface area contributed by atoms with Crippen LogP contribution in [0.2, 0.25) is 0 Å². The molecule has 0 amide bonds. The van der Waals surface area contributed by atoms with Crippen molar-refractivity contribution in [2.24, 2.45) is 5.73 Å². The first-order chi connectivity index (χ1) is 8.69. The second-order valence-corrected chi connectivity index (χ2v) is 4.92. The van der Waals surface area contributed by atoms with Crippen LogP contribution in [0.3, 0.4) is 0 Å². The lowest BCUT2D eigenvalue weighted by Gasteiger charge is -2.05. The molecule has 0 fully saturated rings. The molecule has 0 aliphatic rings. The molecule has 1 nitrogen and oxygen atoms in total. The molecule has 0 aliphatic carbocycles. The van der Waals surface area contributed by atoms with Crippen LogP contribution in [0.5, 0.6) is 0 Å².